The summed E-state index contributed by atoms with van der Waals surface area (Å²) in [5.41, 5.74) is -1.46. The first-order valence-corrected chi connectivity index (χ1v) is 10.7. The highest BCUT2D eigenvalue weighted by atomic mass is 16.7. The third-order valence-corrected chi connectivity index (χ3v) is 6.03. The van der Waals surface area contributed by atoms with E-state index in [1.165, 1.54) is 19.1 Å². The summed E-state index contributed by atoms with van der Waals surface area (Å²) in [6, 6.07) is 0. The van der Waals surface area contributed by atoms with Gasteiger partial charge >= 0.3 is 5.97 Å². The Morgan fingerprint density at radius 1 is 1.28 bits per heavy atom. The van der Waals surface area contributed by atoms with Gasteiger partial charge < -0.3 is 24.4 Å². The van der Waals surface area contributed by atoms with Crippen LogP contribution in [-0.2, 0) is 23.8 Å². The van der Waals surface area contributed by atoms with Crippen LogP contribution in [0.3, 0.4) is 0 Å². The minimum atomic E-state index is -1.46. The van der Waals surface area contributed by atoms with Crippen LogP contribution in [0.15, 0.2) is 12.2 Å². The zero-order valence-corrected chi connectivity index (χ0v) is 18.2. The average molecular weight is 413 g/mol. The van der Waals surface area contributed by atoms with Crippen LogP contribution in [0.2, 0.25) is 0 Å². The number of carbonyl (C=O) groups excluding carboxylic acids is 2. The molecular formula is C22H36O7. The first kappa shape index (κ1) is 24.0. The SMILES string of the molecule is CCC1OC(=O)C(C)CC(C)C(OC2OCCCC2O)C(C)C(=O)/C=C/C1(C)O. The minimum absolute atomic E-state index is 0.150. The lowest BCUT2D eigenvalue weighted by molar-refractivity contribution is -0.247. The van der Waals surface area contributed by atoms with Crippen molar-refractivity contribution in [1.82, 2.24) is 0 Å². The number of esters is 1. The number of aliphatic hydroxyl groups excluding tert-OH is 1. The lowest BCUT2D eigenvalue weighted by atomic mass is 9.83. The highest BCUT2D eigenvalue weighted by Crippen LogP contribution is 2.30. The second-order valence-corrected chi connectivity index (χ2v) is 8.75. The summed E-state index contributed by atoms with van der Waals surface area (Å²) in [5, 5.41) is 20.9. The van der Waals surface area contributed by atoms with Gasteiger partial charge in [0.2, 0.25) is 0 Å². The van der Waals surface area contributed by atoms with E-state index in [0.717, 1.165) is 6.42 Å². The summed E-state index contributed by atoms with van der Waals surface area (Å²) in [6.45, 7) is 9.32. The molecule has 2 aliphatic rings. The Labute approximate surface area is 173 Å². The maximum atomic E-state index is 12.8. The average Bonchev–Trinajstić information content (AvgIpc) is 2.67. The number of hydrogen-bond donors (Lipinski definition) is 2. The van der Waals surface area contributed by atoms with Gasteiger partial charge in [-0.1, -0.05) is 27.7 Å². The van der Waals surface area contributed by atoms with E-state index < -0.39 is 42.0 Å². The molecule has 0 bridgehead atoms. The molecule has 0 aromatic heterocycles. The Hall–Kier alpha value is -1.28. The van der Waals surface area contributed by atoms with Crippen LogP contribution in [0, 0.1) is 17.8 Å². The summed E-state index contributed by atoms with van der Waals surface area (Å²) < 4.78 is 17.2. The van der Waals surface area contributed by atoms with Crippen LogP contribution < -0.4 is 0 Å². The van der Waals surface area contributed by atoms with E-state index in [1.54, 1.807) is 13.8 Å². The summed E-state index contributed by atoms with van der Waals surface area (Å²) >= 11 is 0. The molecule has 2 rings (SSSR count). The van der Waals surface area contributed by atoms with Crippen molar-refractivity contribution in [3.05, 3.63) is 12.2 Å². The molecule has 8 unspecified atom stereocenters. The van der Waals surface area contributed by atoms with Crippen molar-refractivity contribution in [3.8, 4) is 0 Å². The molecule has 0 aromatic rings. The summed E-state index contributed by atoms with van der Waals surface area (Å²) in [6.07, 6.45) is 2.13. The molecule has 0 aliphatic carbocycles. The first-order chi connectivity index (χ1) is 13.6. The summed E-state index contributed by atoms with van der Waals surface area (Å²) in [7, 11) is 0. The van der Waals surface area contributed by atoms with Gasteiger partial charge in [0.1, 0.15) is 17.8 Å². The molecule has 2 heterocycles. The fraction of sp³-hybridized carbons (Fsp3) is 0.818. The Balaban J connectivity index is 2.31. The number of ether oxygens (including phenoxy) is 3. The zero-order valence-electron chi connectivity index (χ0n) is 18.2. The lowest BCUT2D eigenvalue weighted by Crippen LogP contribution is -2.45. The molecule has 29 heavy (non-hydrogen) atoms. The van der Waals surface area contributed by atoms with Crippen LogP contribution >= 0.6 is 0 Å². The topological polar surface area (TPSA) is 102 Å². The van der Waals surface area contributed by atoms with E-state index in [2.05, 4.69) is 0 Å². The summed E-state index contributed by atoms with van der Waals surface area (Å²) in [5.74, 6) is -1.68. The molecule has 1 fully saturated rings. The van der Waals surface area contributed by atoms with Crippen LogP contribution in [0.1, 0.15) is 60.3 Å². The maximum absolute atomic E-state index is 12.8. The number of aliphatic hydroxyl groups is 2. The van der Waals surface area contributed by atoms with E-state index in [9.17, 15) is 19.8 Å². The quantitative estimate of drug-likeness (QED) is 0.686. The largest absolute Gasteiger partial charge is 0.459 e. The fourth-order valence-electron chi connectivity index (χ4n) is 4.10. The van der Waals surface area contributed by atoms with Gasteiger partial charge in [-0.2, -0.15) is 0 Å². The molecule has 2 N–H and O–H groups in total. The van der Waals surface area contributed by atoms with E-state index in [4.69, 9.17) is 14.2 Å². The molecule has 1 saturated heterocycles. The number of cyclic esters (lactones) is 1. The van der Waals surface area contributed by atoms with Crippen molar-refractivity contribution in [3.63, 3.8) is 0 Å². The van der Waals surface area contributed by atoms with Crippen LogP contribution in [0.4, 0.5) is 0 Å². The van der Waals surface area contributed by atoms with Crippen molar-refractivity contribution >= 4 is 11.8 Å². The molecule has 0 spiro atoms. The van der Waals surface area contributed by atoms with Crippen LogP contribution in [0.25, 0.3) is 0 Å². The van der Waals surface area contributed by atoms with Crippen LogP contribution in [0.5, 0.6) is 0 Å². The van der Waals surface area contributed by atoms with Gasteiger partial charge in [-0.15, -0.1) is 0 Å². The number of allylic oxidation sites excluding steroid dienone is 1. The van der Waals surface area contributed by atoms with Gasteiger partial charge in [-0.05, 0) is 50.7 Å². The first-order valence-electron chi connectivity index (χ1n) is 10.7. The fourth-order valence-corrected chi connectivity index (χ4v) is 4.10. The Bertz CT molecular complexity index is 600. The van der Waals surface area contributed by atoms with Gasteiger partial charge in [0, 0.05) is 12.5 Å². The van der Waals surface area contributed by atoms with Crippen molar-refractivity contribution < 1.29 is 34.0 Å². The lowest BCUT2D eigenvalue weighted by Gasteiger charge is -2.37. The Kier molecular flexibility index (Phi) is 8.40. The van der Waals surface area contributed by atoms with Crippen molar-refractivity contribution in [1.29, 1.82) is 0 Å². The second kappa shape index (κ2) is 10.2. The predicted octanol–water partition coefficient (Wildman–Crippen LogP) is 2.38. The van der Waals surface area contributed by atoms with Gasteiger partial charge in [-0.25, -0.2) is 0 Å². The Morgan fingerprint density at radius 2 is 1.97 bits per heavy atom. The summed E-state index contributed by atoms with van der Waals surface area (Å²) in [4.78, 5) is 25.4. The van der Waals surface area contributed by atoms with E-state index in [0.29, 0.717) is 25.9 Å². The minimum Gasteiger partial charge on any atom is -0.459 e. The third kappa shape index (κ3) is 6.10. The van der Waals surface area contributed by atoms with Crippen molar-refractivity contribution in [2.45, 2.75) is 90.5 Å². The molecule has 8 atom stereocenters. The molecule has 0 aromatic carbocycles. The molecule has 0 amide bonds. The third-order valence-electron chi connectivity index (χ3n) is 6.03. The van der Waals surface area contributed by atoms with Gasteiger partial charge in [0.15, 0.2) is 12.1 Å². The maximum Gasteiger partial charge on any atom is 0.309 e. The number of ketones is 1. The predicted molar refractivity (Wildman–Crippen MR) is 107 cm³/mol. The standard InChI is InChI=1S/C22H36O7/c1-6-18-22(5,26)10-9-16(23)15(4)19(13(2)12-14(3)20(25)28-18)29-21-17(24)8-7-11-27-21/h9-10,13-15,17-19,21,24,26H,6-8,11-12H2,1-5H3/b10-9+. The number of rotatable bonds is 3. The highest BCUT2D eigenvalue weighted by Gasteiger charge is 2.39. The molecule has 7 heteroatoms. The second-order valence-electron chi connectivity index (χ2n) is 8.75. The monoisotopic (exact) mass is 412 g/mol. The number of carbonyl (C=O) groups is 2. The molecule has 7 nitrogen and oxygen atoms in total. The number of hydrogen-bond acceptors (Lipinski definition) is 7. The van der Waals surface area contributed by atoms with Crippen molar-refractivity contribution in [2.24, 2.45) is 17.8 Å². The molecule has 0 saturated carbocycles. The molecule has 2 aliphatic heterocycles. The van der Waals surface area contributed by atoms with E-state index >= 15 is 0 Å². The van der Waals surface area contributed by atoms with Gasteiger partial charge in [-0.3, -0.25) is 9.59 Å². The molecule has 0 radical (unpaired) electrons. The normalized spacial score (nSPS) is 43.8. The van der Waals surface area contributed by atoms with Gasteiger partial charge in [0.25, 0.3) is 0 Å². The highest BCUT2D eigenvalue weighted by molar-refractivity contribution is 5.92. The van der Waals surface area contributed by atoms with E-state index in [-0.39, 0.29) is 17.7 Å². The van der Waals surface area contributed by atoms with Crippen LogP contribution in [-0.4, -0.2) is 58.8 Å². The van der Waals surface area contributed by atoms with E-state index in [1.807, 2.05) is 13.8 Å². The Morgan fingerprint density at radius 3 is 2.59 bits per heavy atom. The zero-order chi connectivity index (χ0) is 21.8. The smallest absolute Gasteiger partial charge is 0.309 e. The van der Waals surface area contributed by atoms with Gasteiger partial charge in [0.05, 0.1) is 12.0 Å². The van der Waals surface area contributed by atoms with Crippen molar-refractivity contribution in [2.75, 3.05) is 6.61 Å². The molecular weight excluding hydrogens is 376 g/mol. The molecule has 166 valence electrons.